The van der Waals surface area contributed by atoms with E-state index in [1.54, 1.807) is 6.07 Å². The molecule has 0 fully saturated rings. The van der Waals surface area contributed by atoms with Crippen LogP contribution in [-0.2, 0) is 17.6 Å². The SMILES string of the molecule is O=C(COc1ccc(F)cc1)Nc1cc(-c2cccs2)nn1-c1nc2c(c(=O)[nH]1)CCC2. The van der Waals surface area contributed by atoms with Crippen molar-refractivity contribution in [2.75, 3.05) is 11.9 Å². The van der Waals surface area contributed by atoms with Crippen LogP contribution in [0, 0.1) is 5.82 Å². The van der Waals surface area contributed by atoms with Gasteiger partial charge >= 0.3 is 0 Å². The molecule has 0 saturated carbocycles. The minimum Gasteiger partial charge on any atom is -0.484 e. The highest BCUT2D eigenvalue weighted by Crippen LogP contribution is 2.28. The number of fused-ring (bicyclic) bond motifs is 1. The molecule has 1 aliphatic rings. The van der Waals surface area contributed by atoms with E-state index in [2.05, 4.69) is 20.4 Å². The minimum atomic E-state index is -0.434. The number of ether oxygens (including phenoxy) is 1. The predicted molar refractivity (Wildman–Crippen MR) is 118 cm³/mol. The van der Waals surface area contributed by atoms with Crippen molar-refractivity contribution in [1.82, 2.24) is 19.7 Å². The van der Waals surface area contributed by atoms with Gasteiger partial charge in [0.25, 0.3) is 11.5 Å². The molecule has 0 saturated heterocycles. The highest BCUT2D eigenvalue weighted by molar-refractivity contribution is 7.13. The van der Waals surface area contributed by atoms with E-state index in [0.29, 0.717) is 29.2 Å². The van der Waals surface area contributed by atoms with E-state index < -0.39 is 5.91 Å². The molecule has 162 valence electrons. The van der Waals surface area contributed by atoms with E-state index in [1.165, 1.54) is 40.3 Å². The number of nitrogens with zero attached hydrogens (tertiary/aromatic N) is 3. The van der Waals surface area contributed by atoms with Crippen LogP contribution in [0.25, 0.3) is 16.5 Å². The first kappa shape index (κ1) is 20.1. The van der Waals surface area contributed by atoms with Gasteiger partial charge in [0.15, 0.2) is 6.61 Å². The van der Waals surface area contributed by atoms with Crippen molar-refractivity contribution in [1.29, 1.82) is 0 Å². The number of hydrogen-bond acceptors (Lipinski definition) is 6. The second kappa shape index (κ2) is 8.39. The Bertz CT molecular complexity index is 1330. The summed E-state index contributed by atoms with van der Waals surface area (Å²) in [5.74, 6) is 0.147. The Morgan fingerprint density at radius 2 is 2.09 bits per heavy atom. The molecule has 0 aliphatic heterocycles. The summed E-state index contributed by atoms with van der Waals surface area (Å²) in [5, 5.41) is 9.26. The van der Waals surface area contributed by atoms with E-state index in [-0.39, 0.29) is 23.9 Å². The average molecular weight is 451 g/mol. The fourth-order valence-corrected chi connectivity index (χ4v) is 4.25. The molecule has 0 bridgehead atoms. The Kier molecular flexibility index (Phi) is 5.28. The molecule has 1 aromatic carbocycles. The quantitative estimate of drug-likeness (QED) is 0.468. The largest absolute Gasteiger partial charge is 0.484 e. The zero-order valence-electron chi connectivity index (χ0n) is 16.8. The first-order chi connectivity index (χ1) is 15.6. The number of benzene rings is 1. The molecule has 5 rings (SSSR count). The number of rotatable bonds is 6. The third-order valence-corrected chi connectivity index (χ3v) is 5.96. The molecule has 1 aliphatic carbocycles. The number of aromatic nitrogens is 4. The topological polar surface area (TPSA) is 102 Å². The molecule has 8 nitrogen and oxygen atoms in total. The molecule has 1 amide bonds. The molecule has 0 atom stereocenters. The molecule has 10 heteroatoms. The van der Waals surface area contributed by atoms with Gasteiger partial charge in [0.1, 0.15) is 23.1 Å². The number of halogens is 1. The Morgan fingerprint density at radius 3 is 2.88 bits per heavy atom. The summed E-state index contributed by atoms with van der Waals surface area (Å²) in [5.41, 5.74) is 1.91. The summed E-state index contributed by atoms with van der Waals surface area (Å²) in [6.45, 7) is -0.278. The predicted octanol–water partition coefficient (Wildman–Crippen LogP) is 3.33. The third-order valence-electron chi connectivity index (χ3n) is 5.06. The number of carbonyl (C=O) groups excluding carboxylic acids is 1. The number of thiophene rings is 1. The van der Waals surface area contributed by atoms with Gasteiger partial charge in [-0.25, -0.2) is 9.37 Å². The van der Waals surface area contributed by atoms with Gasteiger partial charge in [0.05, 0.1) is 10.6 Å². The first-order valence-electron chi connectivity index (χ1n) is 10.0. The highest BCUT2D eigenvalue weighted by atomic mass is 32.1. The van der Waals surface area contributed by atoms with E-state index >= 15 is 0 Å². The molecular weight excluding hydrogens is 433 g/mol. The molecular formula is C22H18FN5O3S. The molecule has 3 aromatic heterocycles. The smallest absolute Gasteiger partial charge is 0.263 e. The number of carbonyl (C=O) groups is 1. The highest BCUT2D eigenvalue weighted by Gasteiger charge is 2.21. The summed E-state index contributed by atoms with van der Waals surface area (Å²) in [4.78, 5) is 33.3. The minimum absolute atomic E-state index is 0.187. The van der Waals surface area contributed by atoms with Crippen LogP contribution in [0.15, 0.2) is 52.6 Å². The number of H-pyrrole nitrogens is 1. The van der Waals surface area contributed by atoms with Crippen LogP contribution in [-0.4, -0.2) is 32.3 Å². The Balaban J connectivity index is 1.43. The lowest BCUT2D eigenvalue weighted by atomic mass is 10.3. The Morgan fingerprint density at radius 1 is 1.25 bits per heavy atom. The fraction of sp³-hybridized carbons (Fsp3) is 0.182. The first-order valence-corrected chi connectivity index (χ1v) is 10.9. The van der Waals surface area contributed by atoms with Gasteiger partial charge in [0, 0.05) is 11.6 Å². The third kappa shape index (κ3) is 4.04. The van der Waals surface area contributed by atoms with Gasteiger partial charge in [0.2, 0.25) is 5.95 Å². The lowest BCUT2D eigenvalue weighted by Gasteiger charge is -2.10. The Labute approximate surface area is 185 Å². The van der Waals surface area contributed by atoms with Crippen LogP contribution < -0.4 is 15.6 Å². The Hall–Kier alpha value is -3.79. The summed E-state index contributed by atoms with van der Waals surface area (Å²) in [6.07, 6.45) is 2.33. The zero-order chi connectivity index (χ0) is 22.1. The van der Waals surface area contributed by atoms with E-state index in [4.69, 9.17) is 4.74 Å². The van der Waals surface area contributed by atoms with Gasteiger partial charge in [-0.1, -0.05) is 6.07 Å². The molecule has 4 aromatic rings. The number of aromatic amines is 1. The maximum Gasteiger partial charge on any atom is 0.263 e. The molecule has 0 radical (unpaired) electrons. The van der Waals surface area contributed by atoms with Gasteiger partial charge < -0.3 is 10.1 Å². The van der Waals surface area contributed by atoms with E-state index in [0.717, 1.165) is 23.4 Å². The zero-order valence-corrected chi connectivity index (χ0v) is 17.6. The van der Waals surface area contributed by atoms with Crippen LogP contribution in [0.2, 0.25) is 0 Å². The van der Waals surface area contributed by atoms with E-state index in [9.17, 15) is 14.0 Å². The number of anilines is 1. The molecule has 0 unspecified atom stereocenters. The monoisotopic (exact) mass is 451 g/mol. The summed E-state index contributed by atoms with van der Waals surface area (Å²) in [6, 6.07) is 10.9. The lowest BCUT2D eigenvalue weighted by Crippen LogP contribution is -2.24. The standard InChI is InChI=1S/C22H18FN5O3S/c23-13-6-8-14(9-7-13)31-12-20(29)25-19-11-17(18-5-2-10-32-18)27-28(19)22-24-16-4-1-3-15(16)21(30)26-22/h2,5-11H,1,3-4,12H2,(H,25,29)(H,24,26,30). The number of amides is 1. The van der Waals surface area contributed by atoms with Crippen molar-refractivity contribution in [3.63, 3.8) is 0 Å². The van der Waals surface area contributed by atoms with Gasteiger partial charge in [-0.3, -0.25) is 14.6 Å². The van der Waals surface area contributed by atoms with Crippen molar-refractivity contribution >= 4 is 23.1 Å². The van der Waals surface area contributed by atoms with Crippen LogP contribution in [0.1, 0.15) is 17.7 Å². The summed E-state index contributed by atoms with van der Waals surface area (Å²) in [7, 11) is 0. The van der Waals surface area contributed by atoms with Crippen LogP contribution >= 0.6 is 11.3 Å². The van der Waals surface area contributed by atoms with Gasteiger partial charge in [-0.05, 0) is 55.0 Å². The maximum absolute atomic E-state index is 13.0. The molecule has 3 heterocycles. The van der Waals surface area contributed by atoms with Crippen LogP contribution in [0.4, 0.5) is 10.2 Å². The molecule has 32 heavy (non-hydrogen) atoms. The van der Waals surface area contributed by atoms with Crippen molar-refractivity contribution in [3.8, 4) is 22.3 Å². The number of aryl methyl sites for hydroxylation is 1. The van der Waals surface area contributed by atoms with E-state index in [1.807, 2.05) is 17.5 Å². The second-order valence-electron chi connectivity index (χ2n) is 7.26. The average Bonchev–Trinajstić information content (AvgIpc) is 3.53. The fourth-order valence-electron chi connectivity index (χ4n) is 3.56. The number of nitrogens with one attached hydrogen (secondary N) is 2. The summed E-state index contributed by atoms with van der Waals surface area (Å²) < 4.78 is 19.9. The molecule has 0 spiro atoms. The number of hydrogen-bond donors (Lipinski definition) is 2. The van der Waals surface area contributed by atoms with Crippen molar-refractivity contribution in [2.24, 2.45) is 0 Å². The second-order valence-corrected chi connectivity index (χ2v) is 8.21. The van der Waals surface area contributed by atoms with Gasteiger partial charge in [-0.2, -0.15) is 9.78 Å². The normalized spacial score (nSPS) is 12.5. The van der Waals surface area contributed by atoms with Crippen LogP contribution in [0.5, 0.6) is 5.75 Å². The van der Waals surface area contributed by atoms with Crippen molar-refractivity contribution < 1.29 is 13.9 Å². The van der Waals surface area contributed by atoms with Gasteiger partial charge in [-0.15, -0.1) is 11.3 Å². The van der Waals surface area contributed by atoms with Crippen molar-refractivity contribution in [2.45, 2.75) is 19.3 Å². The lowest BCUT2D eigenvalue weighted by molar-refractivity contribution is -0.118. The molecule has 2 N–H and O–H groups in total. The maximum atomic E-state index is 13.0. The van der Waals surface area contributed by atoms with Crippen LogP contribution in [0.3, 0.4) is 0 Å². The van der Waals surface area contributed by atoms with Crippen molar-refractivity contribution in [3.05, 3.63) is 75.3 Å². The summed E-state index contributed by atoms with van der Waals surface area (Å²) >= 11 is 1.51.